The highest BCUT2D eigenvalue weighted by Crippen LogP contribution is 2.41. The highest BCUT2D eigenvalue weighted by Gasteiger charge is 2.40. The number of halogens is 8. The summed E-state index contributed by atoms with van der Waals surface area (Å²) in [5.41, 5.74) is 0.279. The molecule has 1 aliphatic carbocycles. The van der Waals surface area contributed by atoms with Gasteiger partial charge in [0.05, 0.1) is 11.7 Å². The van der Waals surface area contributed by atoms with Crippen LogP contribution in [0.2, 0.25) is 0 Å². The van der Waals surface area contributed by atoms with Crippen LogP contribution in [0.1, 0.15) is 55.2 Å². The van der Waals surface area contributed by atoms with Gasteiger partial charge in [-0.25, -0.2) is 26.3 Å². The van der Waals surface area contributed by atoms with Crippen LogP contribution in [0, 0.1) is 34.9 Å². The van der Waals surface area contributed by atoms with Crippen LogP contribution in [0.5, 0.6) is 0 Å². The molecule has 5 rings (SSSR count). The van der Waals surface area contributed by atoms with E-state index in [9.17, 15) is 30.7 Å². The number of alkyl halides is 2. The molecule has 0 amide bonds. The Morgan fingerprint density at radius 1 is 0.682 bits per heavy atom. The smallest absolute Gasteiger partial charge is 0.313 e. The normalized spacial score (nSPS) is 17.4. The highest BCUT2D eigenvalue weighted by molar-refractivity contribution is 5.71. The van der Waals surface area contributed by atoms with E-state index in [2.05, 4.69) is 0 Å². The SMILES string of the molecule is CC=CCc1ccc(C(F)(F)OC2CCC(c3ccc(-c4ccc(-c5cc(F)c(F)c(F)c5)c(F)c4)c(F)c3)CC2)c(F)c1. The van der Waals surface area contributed by atoms with E-state index in [1.54, 1.807) is 18.2 Å². The van der Waals surface area contributed by atoms with Crippen LogP contribution in [0.3, 0.4) is 0 Å². The highest BCUT2D eigenvalue weighted by atomic mass is 19.3. The Morgan fingerprint density at radius 3 is 1.91 bits per heavy atom. The molecule has 0 unspecified atom stereocenters. The van der Waals surface area contributed by atoms with E-state index in [-0.39, 0.29) is 41.0 Å². The third-order valence-corrected chi connectivity index (χ3v) is 7.96. The molecule has 0 radical (unpaired) electrons. The zero-order valence-corrected chi connectivity index (χ0v) is 23.6. The first-order valence-corrected chi connectivity index (χ1v) is 14.2. The Hall–Kier alpha value is -3.98. The average molecular weight is 617 g/mol. The van der Waals surface area contributed by atoms with E-state index >= 15 is 4.39 Å². The summed E-state index contributed by atoms with van der Waals surface area (Å²) in [6, 6.07) is 13.0. The Balaban J connectivity index is 1.24. The molecule has 0 N–H and O–H groups in total. The molecule has 1 saturated carbocycles. The summed E-state index contributed by atoms with van der Waals surface area (Å²) in [4.78, 5) is 0. The molecule has 0 spiro atoms. The van der Waals surface area contributed by atoms with Crippen molar-refractivity contribution < 1.29 is 39.9 Å². The van der Waals surface area contributed by atoms with Crippen molar-refractivity contribution in [2.24, 2.45) is 0 Å². The van der Waals surface area contributed by atoms with Crippen molar-refractivity contribution in [2.75, 3.05) is 0 Å². The van der Waals surface area contributed by atoms with Crippen LogP contribution < -0.4 is 0 Å². The molecular weight excluding hydrogens is 588 g/mol. The van der Waals surface area contributed by atoms with Gasteiger partial charge >= 0.3 is 6.11 Å². The van der Waals surface area contributed by atoms with Gasteiger partial charge < -0.3 is 4.74 Å². The lowest BCUT2D eigenvalue weighted by Gasteiger charge is -2.31. The van der Waals surface area contributed by atoms with Gasteiger partial charge in [-0.05, 0) is 104 Å². The molecule has 230 valence electrons. The van der Waals surface area contributed by atoms with Crippen LogP contribution in [-0.2, 0) is 17.3 Å². The van der Waals surface area contributed by atoms with E-state index in [4.69, 9.17) is 4.74 Å². The van der Waals surface area contributed by atoms with E-state index in [1.807, 2.05) is 6.92 Å². The van der Waals surface area contributed by atoms with E-state index < -0.39 is 52.7 Å². The molecule has 1 nitrogen and oxygen atoms in total. The molecule has 44 heavy (non-hydrogen) atoms. The topological polar surface area (TPSA) is 9.23 Å². The van der Waals surface area contributed by atoms with E-state index in [0.717, 1.165) is 18.2 Å². The van der Waals surface area contributed by atoms with Gasteiger partial charge in [-0.3, -0.25) is 0 Å². The Bertz CT molecular complexity index is 1670. The van der Waals surface area contributed by atoms with Crippen molar-refractivity contribution in [3.63, 3.8) is 0 Å². The molecular formula is C35H28F8O. The summed E-state index contributed by atoms with van der Waals surface area (Å²) in [6.07, 6.45) is 0.812. The molecule has 0 aliphatic heterocycles. The molecule has 4 aromatic rings. The van der Waals surface area contributed by atoms with Crippen LogP contribution >= 0.6 is 0 Å². The maximum absolute atomic E-state index is 15.2. The van der Waals surface area contributed by atoms with Gasteiger partial charge in [-0.2, -0.15) is 8.78 Å². The minimum Gasteiger partial charge on any atom is -0.313 e. The maximum atomic E-state index is 15.2. The zero-order chi connectivity index (χ0) is 31.6. The summed E-state index contributed by atoms with van der Waals surface area (Å²) < 4.78 is 120. The minimum atomic E-state index is -3.81. The van der Waals surface area contributed by atoms with Gasteiger partial charge in [0.2, 0.25) is 0 Å². The summed E-state index contributed by atoms with van der Waals surface area (Å²) >= 11 is 0. The lowest BCUT2D eigenvalue weighted by molar-refractivity contribution is -0.278. The second kappa shape index (κ2) is 12.9. The Labute approximate surface area is 249 Å². The third kappa shape index (κ3) is 6.73. The molecule has 9 heteroatoms. The van der Waals surface area contributed by atoms with Crippen molar-refractivity contribution >= 4 is 0 Å². The molecule has 4 aromatic carbocycles. The largest absolute Gasteiger partial charge is 0.386 e. The van der Waals surface area contributed by atoms with Gasteiger partial charge in [0.15, 0.2) is 17.5 Å². The molecule has 0 saturated heterocycles. The first kappa shape index (κ1) is 31.4. The quantitative estimate of drug-likeness (QED) is 0.109. The maximum Gasteiger partial charge on any atom is 0.386 e. The minimum absolute atomic E-state index is 0.0890. The average Bonchev–Trinajstić information content (AvgIpc) is 2.98. The van der Waals surface area contributed by atoms with Gasteiger partial charge in [0, 0.05) is 11.1 Å². The monoisotopic (exact) mass is 616 g/mol. The van der Waals surface area contributed by atoms with Gasteiger partial charge in [0.1, 0.15) is 17.5 Å². The number of allylic oxidation sites excluding steroid dienone is 2. The van der Waals surface area contributed by atoms with Gasteiger partial charge in [0.25, 0.3) is 0 Å². The van der Waals surface area contributed by atoms with Crippen molar-refractivity contribution in [1.29, 1.82) is 0 Å². The molecule has 1 aliphatic rings. The summed E-state index contributed by atoms with van der Waals surface area (Å²) in [6.45, 7) is 1.81. The second-order valence-electron chi connectivity index (χ2n) is 10.9. The number of rotatable bonds is 8. The van der Waals surface area contributed by atoms with E-state index in [0.29, 0.717) is 42.5 Å². The summed E-state index contributed by atoms with van der Waals surface area (Å²) in [5.74, 6) is -7.25. The fraction of sp³-hybridized carbons (Fsp3) is 0.257. The first-order chi connectivity index (χ1) is 21.0. The molecule has 0 aromatic heterocycles. The summed E-state index contributed by atoms with van der Waals surface area (Å²) in [5, 5.41) is 0. The number of hydrogen-bond acceptors (Lipinski definition) is 1. The fourth-order valence-corrected chi connectivity index (χ4v) is 5.61. The predicted octanol–water partition coefficient (Wildman–Crippen LogP) is 10.8. The van der Waals surface area contributed by atoms with Crippen molar-refractivity contribution in [3.8, 4) is 22.3 Å². The molecule has 0 atom stereocenters. The molecule has 0 bridgehead atoms. The van der Waals surface area contributed by atoms with Crippen LogP contribution in [-0.4, -0.2) is 6.10 Å². The first-order valence-electron chi connectivity index (χ1n) is 14.2. The lowest BCUT2D eigenvalue weighted by Crippen LogP contribution is -2.30. The standard InChI is InChI=1S/C35H28F8O/c1-2-3-4-20-5-14-28(31(38)15-20)35(42,43)44-25-10-6-21(7-11-25)22-8-12-26(29(36)16-22)23-9-13-27(30(37)17-23)24-18-32(39)34(41)33(40)19-24/h2-3,5,8-9,12-19,21,25H,4,6-7,10-11H2,1H3. The van der Waals surface area contributed by atoms with E-state index in [1.165, 1.54) is 30.3 Å². The molecule has 1 fully saturated rings. The van der Waals surface area contributed by atoms with Crippen molar-refractivity contribution in [3.05, 3.63) is 130 Å². The predicted molar refractivity (Wildman–Crippen MR) is 152 cm³/mol. The third-order valence-electron chi connectivity index (χ3n) is 7.96. The van der Waals surface area contributed by atoms with Crippen LogP contribution in [0.4, 0.5) is 35.1 Å². The summed E-state index contributed by atoms with van der Waals surface area (Å²) in [7, 11) is 0. The van der Waals surface area contributed by atoms with Crippen LogP contribution in [0.15, 0.2) is 78.9 Å². The number of benzene rings is 4. The van der Waals surface area contributed by atoms with Crippen molar-refractivity contribution in [2.45, 2.75) is 57.2 Å². The lowest BCUT2D eigenvalue weighted by atomic mass is 9.82. The van der Waals surface area contributed by atoms with Crippen LogP contribution in [0.25, 0.3) is 22.3 Å². The van der Waals surface area contributed by atoms with Gasteiger partial charge in [-0.1, -0.05) is 42.5 Å². The van der Waals surface area contributed by atoms with Gasteiger partial charge in [-0.15, -0.1) is 0 Å². The second-order valence-corrected chi connectivity index (χ2v) is 10.9. The molecule has 0 heterocycles. The Kier molecular flexibility index (Phi) is 9.25. The number of hydrogen-bond donors (Lipinski definition) is 0. The number of ether oxygens (including phenoxy) is 1. The fourth-order valence-electron chi connectivity index (χ4n) is 5.61. The van der Waals surface area contributed by atoms with Crippen molar-refractivity contribution in [1.82, 2.24) is 0 Å². The zero-order valence-electron chi connectivity index (χ0n) is 23.6. The Morgan fingerprint density at radius 2 is 1.30 bits per heavy atom.